The number of hydrogen-bond donors (Lipinski definition) is 2. The van der Waals surface area contributed by atoms with E-state index in [4.69, 9.17) is 4.74 Å². The number of anilines is 2. The second kappa shape index (κ2) is 4.76. The third kappa shape index (κ3) is 2.83. The molecule has 19 heavy (non-hydrogen) atoms. The lowest BCUT2D eigenvalue weighted by atomic mass is 10.1. The molecule has 1 amide bonds. The average molecular weight is 260 g/mol. The van der Waals surface area contributed by atoms with Gasteiger partial charge >= 0.3 is 0 Å². The highest BCUT2D eigenvalue weighted by atomic mass is 16.5. The first kappa shape index (κ1) is 12.3. The minimum absolute atomic E-state index is 0.0873. The van der Waals surface area contributed by atoms with E-state index in [1.54, 1.807) is 6.92 Å². The van der Waals surface area contributed by atoms with Gasteiger partial charge in [-0.25, -0.2) is 0 Å². The lowest BCUT2D eigenvalue weighted by Gasteiger charge is -2.24. The van der Waals surface area contributed by atoms with Crippen molar-refractivity contribution in [3.05, 3.63) is 18.2 Å². The Morgan fingerprint density at radius 1 is 1.47 bits per heavy atom. The summed E-state index contributed by atoms with van der Waals surface area (Å²) in [5.41, 5.74) is 1.79. The number of hydrogen-bond acceptors (Lipinski definition) is 3. The Bertz CT molecular complexity index is 497. The molecule has 3 rings (SSSR count). The number of fused-ring (bicyclic) bond motifs is 1. The van der Waals surface area contributed by atoms with Crippen LogP contribution < -0.4 is 15.4 Å². The minimum atomic E-state index is -0.417. The molecule has 1 saturated carbocycles. The summed E-state index contributed by atoms with van der Waals surface area (Å²) < 4.78 is 5.54. The summed E-state index contributed by atoms with van der Waals surface area (Å²) in [5, 5.41) is 6.35. The summed E-state index contributed by atoms with van der Waals surface area (Å²) in [6, 6.07) is 6.33. The van der Waals surface area contributed by atoms with E-state index in [0.717, 1.165) is 23.0 Å². The minimum Gasteiger partial charge on any atom is -0.479 e. The molecule has 1 aromatic rings. The van der Waals surface area contributed by atoms with E-state index in [1.807, 2.05) is 18.2 Å². The van der Waals surface area contributed by atoms with Crippen LogP contribution in [0.15, 0.2) is 18.2 Å². The molecule has 4 heteroatoms. The van der Waals surface area contributed by atoms with Gasteiger partial charge in [0, 0.05) is 11.7 Å². The van der Waals surface area contributed by atoms with Crippen LogP contribution in [0.2, 0.25) is 0 Å². The highest BCUT2D eigenvalue weighted by molar-refractivity contribution is 5.98. The molecule has 0 saturated heterocycles. The Hall–Kier alpha value is -1.71. The molecule has 102 valence electrons. The van der Waals surface area contributed by atoms with Crippen molar-refractivity contribution in [2.75, 3.05) is 10.6 Å². The van der Waals surface area contributed by atoms with Crippen LogP contribution in [0.1, 0.15) is 33.1 Å². The van der Waals surface area contributed by atoms with E-state index in [1.165, 1.54) is 19.3 Å². The van der Waals surface area contributed by atoms with Crippen molar-refractivity contribution >= 4 is 17.3 Å². The normalized spacial score (nSPS) is 23.1. The lowest BCUT2D eigenvalue weighted by molar-refractivity contribution is -0.122. The van der Waals surface area contributed by atoms with Gasteiger partial charge in [-0.2, -0.15) is 0 Å². The van der Waals surface area contributed by atoms with E-state index in [9.17, 15) is 4.79 Å². The van der Waals surface area contributed by atoms with E-state index >= 15 is 0 Å². The summed E-state index contributed by atoms with van der Waals surface area (Å²) >= 11 is 0. The number of carbonyl (C=O) groups is 1. The fourth-order valence-corrected chi connectivity index (χ4v) is 2.50. The molecule has 2 unspecified atom stereocenters. The Balaban J connectivity index is 1.70. The van der Waals surface area contributed by atoms with Gasteiger partial charge in [-0.15, -0.1) is 0 Å². The third-order valence-electron chi connectivity index (χ3n) is 3.71. The predicted molar refractivity (Wildman–Crippen MR) is 75.6 cm³/mol. The van der Waals surface area contributed by atoms with Crippen molar-refractivity contribution in [2.45, 2.75) is 45.3 Å². The highest BCUT2D eigenvalue weighted by Crippen LogP contribution is 2.35. The fourth-order valence-electron chi connectivity index (χ4n) is 2.50. The Morgan fingerprint density at radius 3 is 3.00 bits per heavy atom. The van der Waals surface area contributed by atoms with Gasteiger partial charge in [0.05, 0.1) is 5.69 Å². The van der Waals surface area contributed by atoms with Gasteiger partial charge in [-0.3, -0.25) is 4.79 Å². The van der Waals surface area contributed by atoms with Gasteiger partial charge in [0.25, 0.3) is 5.91 Å². The zero-order valence-electron chi connectivity index (χ0n) is 11.4. The third-order valence-corrected chi connectivity index (χ3v) is 3.71. The molecule has 0 radical (unpaired) electrons. The van der Waals surface area contributed by atoms with Crippen molar-refractivity contribution in [3.63, 3.8) is 0 Å². The summed E-state index contributed by atoms with van der Waals surface area (Å²) in [6.07, 6.45) is 3.55. The van der Waals surface area contributed by atoms with Crippen molar-refractivity contribution in [3.8, 4) is 5.75 Å². The molecule has 1 aliphatic carbocycles. The first-order valence-corrected chi connectivity index (χ1v) is 7.00. The molecule has 2 atom stereocenters. The SMILES string of the molecule is CC(CC1CC1)Nc1ccc2c(c1)NC(=O)C(C)O2. The van der Waals surface area contributed by atoms with Gasteiger partial charge in [-0.1, -0.05) is 12.8 Å². The number of ether oxygens (including phenoxy) is 1. The molecule has 0 spiro atoms. The Labute approximate surface area is 113 Å². The van der Waals surface area contributed by atoms with Crippen LogP contribution >= 0.6 is 0 Å². The summed E-state index contributed by atoms with van der Waals surface area (Å²) in [4.78, 5) is 11.6. The van der Waals surface area contributed by atoms with Gasteiger partial charge in [0.15, 0.2) is 6.10 Å². The molecule has 1 aromatic carbocycles. The van der Waals surface area contributed by atoms with E-state index < -0.39 is 6.10 Å². The van der Waals surface area contributed by atoms with Gasteiger partial charge in [0.1, 0.15) is 5.75 Å². The molecule has 2 N–H and O–H groups in total. The topological polar surface area (TPSA) is 50.4 Å². The van der Waals surface area contributed by atoms with Gasteiger partial charge in [0.2, 0.25) is 0 Å². The molecule has 1 heterocycles. The molecular formula is C15H20N2O2. The standard InChI is InChI=1S/C15H20N2O2/c1-9(7-11-3-4-11)16-12-5-6-14-13(8-12)17-15(18)10(2)19-14/h5-6,8-11,16H,3-4,7H2,1-2H3,(H,17,18). The second-order valence-corrected chi connectivity index (χ2v) is 5.68. The number of carbonyl (C=O) groups excluding carboxylic acids is 1. The maximum atomic E-state index is 11.6. The van der Waals surface area contributed by atoms with Crippen LogP contribution in [0, 0.1) is 5.92 Å². The van der Waals surface area contributed by atoms with Crippen LogP contribution in [0.4, 0.5) is 11.4 Å². The number of rotatable bonds is 4. The van der Waals surface area contributed by atoms with Crippen molar-refractivity contribution in [1.82, 2.24) is 0 Å². The van der Waals surface area contributed by atoms with E-state index in [0.29, 0.717) is 6.04 Å². The highest BCUT2D eigenvalue weighted by Gasteiger charge is 2.25. The van der Waals surface area contributed by atoms with E-state index in [2.05, 4.69) is 17.6 Å². The van der Waals surface area contributed by atoms with Crippen molar-refractivity contribution in [1.29, 1.82) is 0 Å². The molecular weight excluding hydrogens is 240 g/mol. The predicted octanol–water partition coefficient (Wildman–Crippen LogP) is 3.01. The second-order valence-electron chi connectivity index (χ2n) is 5.68. The number of benzene rings is 1. The zero-order valence-corrected chi connectivity index (χ0v) is 11.4. The maximum Gasteiger partial charge on any atom is 0.265 e. The van der Waals surface area contributed by atoms with Gasteiger partial charge < -0.3 is 15.4 Å². The fraction of sp³-hybridized carbons (Fsp3) is 0.533. The van der Waals surface area contributed by atoms with Crippen LogP contribution in [-0.2, 0) is 4.79 Å². The number of amides is 1. The lowest BCUT2D eigenvalue weighted by Crippen LogP contribution is -2.34. The molecule has 0 aromatic heterocycles. The smallest absolute Gasteiger partial charge is 0.265 e. The summed E-state index contributed by atoms with van der Waals surface area (Å²) in [7, 11) is 0. The summed E-state index contributed by atoms with van der Waals surface area (Å²) in [5.74, 6) is 1.56. The molecule has 0 bridgehead atoms. The largest absolute Gasteiger partial charge is 0.479 e. The quantitative estimate of drug-likeness (QED) is 0.875. The average Bonchev–Trinajstić information content (AvgIpc) is 3.15. The first-order valence-electron chi connectivity index (χ1n) is 7.00. The molecule has 1 fully saturated rings. The van der Waals surface area contributed by atoms with Gasteiger partial charge in [-0.05, 0) is 44.4 Å². The molecule has 4 nitrogen and oxygen atoms in total. The summed E-state index contributed by atoms with van der Waals surface area (Å²) in [6.45, 7) is 3.96. The Morgan fingerprint density at radius 2 is 2.26 bits per heavy atom. The molecule has 2 aliphatic rings. The van der Waals surface area contributed by atoms with Crippen molar-refractivity contribution < 1.29 is 9.53 Å². The Kier molecular flexibility index (Phi) is 3.09. The van der Waals surface area contributed by atoms with Crippen LogP contribution in [0.5, 0.6) is 5.75 Å². The van der Waals surface area contributed by atoms with Crippen LogP contribution in [0.25, 0.3) is 0 Å². The van der Waals surface area contributed by atoms with E-state index in [-0.39, 0.29) is 5.91 Å². The first-order chi connectivity index (χ1) is 9.11. The molecule has 1 aliphatic heterocycles. The monoisotopic (exact) mass is 260 g/mol. The van der Waals surface area contributed by atoms with Crippen molar-refractivity contribution in [2.24, 2.45) is 5.92 Å². The zero-order chi connectivity index (χ0) is 13.4. The number of nitrogens with one attached hydrogen (secondary N) is 2. The maximum absolute atomic E-state index is 11.6. The van der Waals surface area contributed by atoms with Crippen LogP contribution in [-0.4, -0.2) is 18.1 Å². The van der Waals surface area contributed by atoms with Crippen LogP contribution in [0.3, 0.4) is 0 Å².